The molecule has 0 aliphatic heterocycles. The van der Waals surface area contributed by atoms with Crippen molar-refractivity contribution in [3.63, 3.8) is 0 Å². The molecule has 0 radical (unpaired) electrons. The Labute approximate surface area is 131 Å². The number of fused-ring (bicyclic) bond motifs is 1. The van der Waals surface area contributed by atoms with Gasteiger partial charge in [0.15, 0.2) is 0 Å². The zero-order valence-electron chi connectivity index (χ0n) is 11.3. The van der Waals surface area contributed by atoms with Gasteiger partial charge in [-0.3, -0.25) is 0 Å². The van der Waals surface area contributed by atoms with Crippen LogP contribution in [0.5, 0.6) is 0 Å². The lowest BCUT2D eigenvalue weighted by atomic mass is 9.98. The van der Waals surface area contributed by atoms with Crippen molar-refractivity contribution in [2.24, 2.45) is 0 Å². The van der Waals surface area contributed by atoms with Crippen LogP contribution in [-0.2, 0) is 0 Å². The van der Waals surface area contributed by atoms with Gasteiger partial charge in [-0.2, -0.15) is 0 Å². The second-order valence-electron chi connectivity index (χ2n) is 4.78. The number of hydrogen-bond acceptors (Lipinski definition) is 2. The molecule has 1 aromatic heterocycles. The van der Waals surface area contributed by atoms with Crippen molar-refractivity contribution < 1.29 is 0 Å². The van der Waals surface area contributed by atoms with Crippen molar-refractivity contribution in [1.29, 1.82) is 0 Å². The van der Waals surface area contributed by atoms with Crippen LogP contribution < -0.4 is 5.32 Å². The minimum absolute atomic E-state index is 0.257. The highest BCUT2D eigenvalue weighted by atomic mass is 79.9. The van der Waals surface area contributed by atoms with Gasteiger partial charge < -0.3 is 5.32 Å². The van der Waals surface area contributed by atoms with E-state index in [9.17, 15) is 0 Å². The van der Waals surface area contributed by atoms with Crippen LogP contribution in [0.4, 0.5) is 0 Å². The summed E-state index contributed by atoms with van der Waals surface area (Å²) in [5.74, 6) is 0. The molecule has 20 heavy (non-hydrogen) atoms. The van der Waals surface area contributed by atoms with Gasteiger partial charge in [-0.25, -0.2) is 0 Å². The first-order valence-electron chi connectivity index (χ1n) is 6.74. The summed E-state index contributed by atoms with van der Waals surface area (Å²) < 4.78 is 1.18. The highest BCUT2D eigenvalue weighted by Crippen LogP contribution is 2.30. The first-order chi connectivity index (χ1) is 9.78. The zero-order valence-corrected chi connectivity index (χ0v) is 13.7. The summed E-state index contributed by atoms with van der Waals surface area (Å²) in [5, 5.41) is 8.38. The van der Waals surface area contributed by atoms with Crippen LogP contribution in [0.1, 0.15) is 24.1 Å². The van der Waals surface area contributed by atoms with Crippen LogP contribution in [0.2, 0.25) is 0 Å². The number of rotatable bonds is 4. The fourth-order valence-electron chi connectivity index (χ4n) is 2.49. The summed E-state index contributed by atoms with van der Waals surface area (Å²) in [6.45, 7) is 3.10. The molecular formula is C17H16BrNS. The quantitative estimate of drug-likeness (QED) is 0.670. The molecule has 0 bridgehead atoms. The molecule has 1 unspecified atom stereocenters. The first kappa shape index (κ1) is 13.8. The summed E-state index contributed by atoms with van der Waals surface area (Å²) in [7, 11) is 0. The lowest BCUT2D eigenvalue weighted by Gasteiger charge is -2.18. The maximum Gasteiger partial charge on any atom is 0.0701 e. The third kappa shape index (κ3) is 2.80. The molecule has 3 heteroatoms. The fraction of sp³-hybridized carbons (Fsp3) is 0.176. The molecule has 1 N–H and O–H groups in total. The monoisotopic (exact) mass is 345 g/mol. The SMILES string of the molecule is CCNC(c1csc(Br)c1)c1ccc2ccccc2c1. The van der Waals surface area contributed by atoms with Gasteiger partial charge in [0.2, 0.25) is 0 Å². The van der Waals surface area contributed by atoms with E-state index in [1.807, 2.05) is 0 Å². The van der Waals surface area contributed by atoms with Crippen LogP contribution in [0.25, 0.3) is 10.8 Å². The Morgan fingerprint density at radius 3 is 2.55 bits per heavy atom. The van der Waals surface area contributed by atoms with Crippen LogP contribution in [0, 0.1) is 0 Å². The second-order valence-corrected chi connectivity index (χ2v) is 7.07. The number of halogens is 1. The molecule has 3 rings (SSSR count). The normalized spacial score (nSPS) is 12.7. The predicted molar refractivity (Wildman–Crippen MR) is 91.5 cm³/mol. The Hall–Kier alpha value is -1.16. The molecule has 0 spiro atoms. The maximum absolute atomic E-state index is 3.58. The van der Waals surface area contributed by atoms with Gasteiger partial charge in [0, 0.05) is 0 Å². The first-order valence-corrected chi connectivity index (χ1v) is 8.41. The summed E-state index contributed by atoms with van der Waals surface area (Å²) in [6.07, 6.45) is 0. The van der Waals surface area contributed by atoms with Crippen LogP contribution in [0.15, 0.2) is 57.7 Å². The smallest absolute Gasteiger partial charge is 0.0701 e. The summed E-state index contributed by atoms with van der Waals surface area (Å²) in [5.41, 5.74) is 2.63. The van der Waals surface area contributed by atoms with E-state index >= 15 is 0 Å². The Balaban J connectivity index is 2.04. The van der Waals surface area contributed by atoms with Gasteiger partial charge in [0.1, 0.15) is 0 Å². The van der Waals surface area contributed by atoms with Gasteiger partial charge >= 0.3 is 0 Å². The molecule has 0 saturated carbocycles. The van der Waals surface area contributed by atoms with Crippen LogP contribution in [0.3, 0.4) is 0 Å². The summed E-state index contributed by atoms with van der Waals surface area (Å²) >= 11 is 5.29. The topological polar surface area (TPSA) is 12.0 Å². The van der Waals surface area contributed by atoms with Crippen molar-refractivity contribution in [2.75, 3.05) is 6.54 Å². The van der Waals surface area contributed by atoms with E-state index in [4.69, 9.17) is 0 Å². The summed E-state index contributed by atoms with van der Waals surface area (Å²) in [4.78, 5) is 0. The molecule has 0 aliphatic carbocycles. The van der Waals surface area contributed by atoms with Crippen molar-refractivity contribution in [2.45, 2.75) is 13.0 Å². The van der Waals surface area contributed by atoms with E-state index in [1.165, 1.54) is 25.7 Å². The highest BCUT2D eigenvalue weighted by Gasteiger charge is 2.14. The molecule has 1 heterocycles. The molecule has 0 amide bonds. The average Bonchev–Trinajstić information content (AvgIpc) is 2.90. The third-order valence-electron chi connectivity index (χ3n) is 3.44. The molecule has 3 aromatic rings. The predicted octanol–water partition coefficient (Wildman–Crippen LogP) is 5.36. The molecule has 0 fully saturated rings. The van der Waals surface area contributed by atoms with E-state index in [1.54, 1.807) is 11.3 Å². The molecule has 102 valence electrons. The lowest BCUT2D eigenvalue weighted by molar-refractivity contribution is 0.633. The van der Waals surface area contributed by atoms with E-state index in [2.05, 4.69) is 82.1 Å². The molecule has 1 atom stereocenters. The Kier molecular flexibility index (Phi) is 4.20. The highest BCUT2D eigenvalue weighted by molar-refractivity contribution is 9.11. The molecule has 0 saturated heterocycles. The van der Waals surface area contributed by atoms with E-state index in [0.717, 1.165) is 6.54 Å². The largest absolute Gasteiger partial charge is 0.307 e. The van der Waals surface area contributed by atoms with E-state index in [0.29, 0.717) is 0 Å². The number of nitrogens with one attached hydrogen (secondary N) is 1. The Morgan fingerprint density at radius 2 is 1.85 bits per heavy atom. The Bertz CT molecular complexity index is 720. The van der Waals surface area contributed by atoms with Crippen LogP contribution >= 0.6 is 27.3 Å². The molecule has 2 aromatic carbocycles. The Morgan fingerprint density at radius 1 is 1.05 bits per heavy atom. The number of hydrogen-bond donors (Lipinski definition) is 1. The number of thiophene rings is 1. The van der Waals surface area contributed by atoms with Gasteiger partial charge in [-0.15, -0.1) is 11.3 Å². The van der Waals surface area contributed by atoms with Crippen molar-refractivity contribution in [3.05, 3.63) is 68.8 Å². The second kappa shape index (κ2) is 6.08. The zero-order chi connectivity index (χ0) is 13.9. The van der Waals surface area contributed by atoms with Crippen molar-refractivity contribution >= 4 is 38.0 Å². The molecular weight excluding hydrogens is 330 g/mol. The lowest BCUT2D eigenvalue weighted by Crippen LogP contribution is -2.21. The standard InChI is InChI=1S/C17H16BrNS/c1-2-19-17(15-10-16(18)20-11-15)14-8-7-12-5-3-4-6-13(12)9-14/h3-11,17,19H,2H2,1H3. The van der Waals surface area contributed by atoms with Crippen molar-refractivity contribution in [1.82, 2.24) is 5.32 Å². The third-order valence-corrected chi connectivity index (χ3v) is 4.96. The van der Waals surface area contributed by atoms with Gasteiger partial charge in [0.05, 0.1) is 9.83 Å². The fourth-order valence-corrected chi connectivity index (χ4v) is 3.70. The molecule has 0 aliphatic rings. The van der Waals surface area contributed by atoms with Gasteiger partial charge in [-0.05, 0) is 61.9 Å². The van der Waals surface area contributed by atoms with Gasteiger partial charge in [-0.1, -0.05) is 43.3 Å². The number of benzene rings is 2. The minimum Gasteiger partial charge on any atom is -0.307 e. The summed E-state index contributed by atoms with van der Waals surface area (Å²) in [6, 6.07) is 17.7. The van der Waals surface area contributed by atoms with Crippen LogP contribution in [-0.4, -0.2) is 6.54 Å². The van der Waals surface area contributed by atoms with Gasteiger partial charge in [0.25, 0.3) is 0 Å². The molecule has 1 nitrogen and oxygen atoms in total. The minimum atomic E-state index is 0.257. The van der Waals surface area contributed by atoms with Crippen molar-refractivity contribution in [3.8, 4) is 0 Å². The van der Waals surface area contributed by atoms with E-state index < -0.39 is 0 Å². The average molecular weight is 346 g/mol. The van der Waals surface area contributed by atoms with E-state index in [-0.39, 0.29) is 6.04 Å². The maximum atomic E-state index is 3.58.